The van der Waals surface area contributed by atoms with Gasteiger partial charge in [0.05, 0.1) is 5.92 Å². The molecule has 0 spiro atoms. The van der Waals surface area contributed by atoms with Gasteiger partial charge in [0.2, 0.25) is 5.91 Å². The standard InChI is InChI=1S/C13H15F3N2O/c14-9-5-7(6-10(15)12(9)16)18-13(19)8-3-1-2-4-11(8)17/h5-6,8,11H,1-4,17H2,(H,18,19). The van der Waals surface area contributed by atoms with Crippen molar-refractivity contribution in [2.75, 3.05) is 5.32 Å². The van der Waals surface area contributed by atoms with Crippen LogP contribution in [0.2, 0.25) is 0 Å². The molecule has 0 heterocycles. The first-order valence-electron chi connectivity index (χ1n) is 6.20. The predicted octanol–water partition coefficient (Wildman–Crippen LogP) is 2.56. The number of rotatable bonds is 2. The van der Waals surface area contributed by atoms with Gasteiger partial charge in [0, 0.05) is 23.9 Å². The maximum atomic E-state index is 13.0. The van der Waals surface area contributed by atoms with Gasteiger partial charge >= 0.3 is 0 Å². The van der Waals surface area contributed by atoms with Gasteiger partial charge in [0.1, 0.15) is 0 Å². The zero-order valence-corrected chi connectivity index (χ0v) is 10.3. The normalized spacial score (nSPS) is 23.2. The van der Waals surface area contributed by atoms with Crippen LogP contribution >= 0.6 is 0 Å². The first kappa shape index (κ1) is 13.9. The number of amides is 1. The summed E-state index contributed by atoms with van der Waals surface area (Å²) < 4.78 is 38.8. The van der Waals surface area contributed by atoms with Crippen LogP contribution in [-0.2, 0) is 4.79 Å². The molecule has 0 aromatic heterocycles. The van der Waals surface area contributed by atoms with E-state index in [0.717, 1.165) is 31.4 Å². The van der Waals surface area contributed by atoms with Crippen LogP contribution in [0, 0.1) is 23.4 Å². The van der Waals surface area contributed by atoms with Crippen molar-refractivity contribution in [2.45, 2.75) is 31.7 Å². The number of hydrogen-bond donors (Lipinski definition) is 2. The SMILES string of the molecule is NC1CCCCC1C(=O)Nc1cc(F)c(F)c(F)c1. The Hall–Kier alpha value is -1.56. The molecule has 3 nitrogen and oxygen atoms in total. The summed E-state index contributed by atoms with van der Waals surface area (Å²) >= 11 is 0. The van der Waals surface area contributed by atoms with Crippen LogP contribution < -0.4 is 11.1 Å². The van der Waals surface area contributed by atoms with Crippen LogP contribution in [0.15, 0.2) is 12.1 Å². The smallest absolute Gasteiger partial charge is 0.229 e. The second-order valence-electron chi connectivity index (χ2n) is 4.80. The van der Waals surface area contributed by atoms with E-state index in [1.165, 1.54) is 0 Å². The fourth-order valence-corrected chi connectivity index (χ4v) is 2.35. The fourth-order valence-electron chi connectivity index (χ4n) is 2.35. The van der Waals surface area contributed by atoms with E-state index in [-0.39, 0.29) is 23.6 Å². The summed E-state index contributed by atoms with van der Waals surface area (Å²) in [5, 5.41) is 2.39. The molecule has 3 N–H and O–H groups in total. The fraction of sp³-hybridized carbons (Fsp3) is 0.462. The van der Waals surface area contributed by atoms with Gasteiger partial charge in [-0.3, -0.25) is 4.79 Å². The lowest BCUT2D eigenvalue weighted by Gasteiger charge is -2.27. The van der Waals surface area contributed by atoms with Crippen molar-refractivity contribution in [2.24, 2.45) is 11.7 Å². The van der Waals surface area contributed by atoms with Crippen molar-refractivity contribution >= 4 is 11.6 Å². The van der Waals surface area contributed by atoms with Gasteiger partial charge in [-0.1, -0.05) is 12.8 Å². The van der Waals surface area contributed by atoms with E-state index in [0.29, 0.717) is 6.42 Å². The second-order valence-corrected chi connectivity index (χ2v) is 4.80. The molecular formula is C13H15F3N2O. The van der Waals surface area contributed by atoms with Gasteiger partial charge in [-0.05, 0) is 12.8 Å². The molecular weight excluding hydrogens is 257 g/mol. The molecule has 0 aliphatic heterocycles. The minimum Gasteiger partial charge on any atom is -0.327 e. The zero-order valence-electron chi connectivity index (χ0n) is 10.3. The number of nitrogens with two attached hydrogens (primary N) is 1. The summed E-state index contributed by atoms with van der Waals surface area (Å²) in [6.07, 6.45) is 3.28. The van der Waals surface area contributed by atoms with Crippen molar-refractivity contribution in [3.63, 3.8) is 0 Å². The van der Waals surface area contributed by atoms with Gasteiger partial charge in [-0.25, -0.2) is 13.2 Å². The molecule has 2 rings (SSSR count). The van der Waals surface area contributed by atoms with Crippen LogP contribution in [0.4, 0.5) is 18.9 Å². The van der Waals surface area contributed by atoms with Crippen LogP contribution in [0.5, 0.6) is 0 Å². The van der Waals surface area contributed by atoms with E-state index in [1.807, 2.05) is 0 Å². The van der Waals surface area contributed by atoms with E-state index in [2.05, 4.69) is 5.32 Å². The van der Waals surface area contributed by atoms with Crippen molar-refractivity contribution < 1.29 is 18.0 Å². The van der Waals surface area contributed by atoms with Crippen molar-refractivity contribution in [1.29, 1.82) is 0 Å². The van der Waals surface area contributed by atoms with Crippen LogP contribution in [0.3, 0.4) is 0 Å². The number of anilines is 1. The van der Waals surface area contributed by atoms with Crippen LogP contribution in [0.1, 0.15) is 25.7 Å². The Kier molecular flexibility index (Phi) is 4.09. The summed E-state index contributed by atoms with van der Waals surface area (Å²) in [5.74, 6) is -4.96. The van der Waals surface area contributed by atoms with Crippen LogP contribution in [0.25, 0.3) is 0 Å². The van der Waals surface area contributed by atoms with Gasteiger partial charge in [0.15, 0.2) is 17.5 Å². The Morgan fingerprint density at radius 2 is 1.74 bits per heavy atom. The molecule has 1 fully saturated rings. The summed E-state index contributed by atoms with van der Waals surface area (Å²) in [7, 11) is 0. The lowest BCUT2D eigenvalue weighted by atomic mass is 9.84. The third-order valence-corrected chi connectivity index (χ3v) is 3.41. The lowest BCUT2D eigenvalue weighted by Crippen LogP contribution is -2.40. The third kappa shape index (κ3) is 3.07. The molecule has 0 radical (unpaired) electrons. The maximum Gasteiger partial charge on any atom is 0.229 e. The molecule has 1 saturated carbocycles. The highest BCUT2D eigenvalue weighted by atomic mass is 19.2. The molecule has 1 aliphatic carbocycles. The molecule has 1 amide bonds. The minimum atomic E-state index is -1.55. The van der Waals surface area contributed by atoms with E-state index < -0.39 is 17.5 Å². The average Bonchev–Trinajstić information content (AvgIpc) is 2.36. The predicted molar refractivity (Wildman–Crippen MR) is 64.9 cm³/mol. The molecule has 0 bridgehead atoms. The Morgan fingerprint density at radius 1 is 1.16 bits per heavy atom. The van der Waals surface area contributed by atoms with E-state index in [4.69, 9.17) is 5.73 Å². The molecule has 19 heavy (non-hydrogen) atoms. The molecule has 2 atom stereocenters. The summed E-state index contributed by atoms with van der Waals surface area (Å²) in [5.41, 5.74) is 5.75. The molecule has 6 heteroatoms. The van der Waals surface area contributed by atoms with Gasteiger partial charge in [-0.15, -0.1) is 0 Å². The highest BCUT2D eigenvalue weighted by Gasteiger charge is 2.28. The summed E-state index contributed by atoms with van der Waals surface area (Å²) in [4.78, 5) is 12.0. The number of benzene rings is 1. The van der Waals surface area contributed by atoms with Crippen molar-refractivity contribution in [3.8, 4) is 0 Å². The topological polar surface area (TPSA) is 55.1 Å². The number of nitrogens with one attached hydrogen (secondary N) is 1. The minimum absolute atomic E-state index is 0.0980. The number of carbonyl (C=O) groups excluding carboxylic acids is 1. The molecule has 1 aromatic carbocycles. The Balaban J connectivity index is 2.10. The highest BCUT2D eigenvalue weighted by Crippen LogP contribution is 2.25. The largest absolute Gasteiger partial charge is 0.327 e. The van der Waals surface area contributed by atoms with Crippen molar-refractivity contribution in [1.82, 2.24) is 0 Å². The first-order valence-corrected chi connectivity index (χ1v) is 6.20. The molecule has 104 valence electrons. The highest BCUT2D eigenvalue weighted by molar-refractivity contribution is 5.93. The maximum absolute atomic E-state index is 13.0. The van der Waals surface area contributed by atoms with Crippen LogP contribution in [-0.4, -0.2) is 11.9 Å². The number of carbonyl (C=O) groups is 1. The Bertz CT molecular complexity index is 470. The zero-order chi connectivity index (χ0) is 14.0. The van der Waals surface area contributed by atoms with Gasteiger partial charge in [0.25, 0.3) is 0 Å². The van der Waals surface area contributed by atoms with E-state index >= 15 is 0 Å². The Morgan fingerprint density at radius 3 is 2.32 bits per heavy atom. The third-order valence-electron chi connectivity index (χ3n) is 3.41. The molecule has 0 saturated heterocycles. The quantitative estimate of drug-likeness (QED) is 0.813. The molecule has 1 aromatic rings. The summed E-state index contributed by atoms with van der Waals surface area (Å²) in [6.45, 7) is 0. The molecule has 2 unspecified atom stereocenters. The monoisotopic (exact) mass is 272 g/mol. The lowest BCUT2D eigenvalue weighted by molar-refractivity contribution is -0.121. The van der Waals surface area contributed by atoms with E-state index in [9.17, 15) is 18.0 Å². The van der Waals surface area contributed by atoms with Gasteiger partial charge < -0.3 is 11.1 Å². The Labute approximate surface area is 109 Å². The second kappa shape index (κ2) is 5.61. The van der Waals surface area contributed by atoms with Crippen molar-refractivity contribution in [3.05, 3.63) is 29.6 Å². The van der Waals surface area contributed by atoms with E-state index in [1.54, 1.807) is 0 Å². The molecule has 1 aliphatic rings. The first-order chi connectivity index (χ1) is 8.99. The van der Waals surface area contributed by atoms with Gasteiger partial charge in [-0.2, -0.15) is 0 Å². The average molecular weight is 272 g/mol. The number of halogens is 3. The summed E-state index contributed by atoms with van der Waals surface area (Å²) in [6, 6.07) is 1.26. The number of hydrogen-bond acceptors (Lipinski definition) is 2.